The van der Waals surface area contributed by atoms with Gasteiger partial charge in [0, 0.05) is 11.1 Å². The van der Waals surface area contributed by atoms with Gasteiger partial charge in [0.25, 0.3) is 0 Å². The fourth-order valence-electron chi connectivity index (χ4n) is 3.21. The zero-order valence-corrected chi connectivity index (χ0v) is 16.1. The molecule has 126 valence electrons. The van der Waals surface area contributed by atoms with Crippen LogP contribution >= 0.6 is 15.9 Å². The summed E-state index contributed by atoms with van der Waals surface area (Å²) in [5.41, 5.74) is 1.24. The maximum Gasteiger partial charge on any atom is 0.107 e. The number of hydrogen-bond acceptors (Lipinski definition) is 1. The quantitative estimate of drug-likeness (QED) is 0.293. The van der Waals surface area contributed by atoms with Crippen molar-refractivity contribution in [3.05, 3.63) is 40.6 Å². The number of rotatable bonds is 11. The molecule has 0 aliphatic rings. The molecule has 0 saturated carbocycles. The number of aryl methyl sites for hydroxylation is 1. The minimum atomic E-state index is 0.957. The molecule has 0 fully saturated rings. The number of hydrogen-bond donors (Lipinski definition) is 0. The molecule has 0 saturated heterocycles. The van der Waals surface area contributed by atoms with Crippen molar-refractivity contribution in [1.82, 2.24) is 4.98 Å². The second-order valence-corrected chi connectivity index (χ2v) is 7.36. The average Bonchev–Trinajstić information content (AvgIpc) is 2.56. The number of aromatic nitrogens is 1. The predicted octanol–water partition coefficient (Wildman–Crippen LogP) is 7.46. The molecule has 2 heteroatoms. The Kier molecular flexibility index (Phi) is 8.67. The molecule has 0 N–H and O–H groups in total. The second-order valence-electron chi connectivity index (χ2n) is 6.54. The van der Waals surface area contributed by atoms with E-state index in [0.29, 0.717) is 0 Å². The van der Waals surface area contributed by atoms with Crippen molar-refractivity contribution >= 4 is 26.7 Å². The Bertz CT molecular complexity index is 579. The van der Waals surface area contributed by atoms with Gasteiger partial charge in [0.2, 0.25) is 0 Å². The molecule has 0 amide bonds. The van der Waals surface area contributed by atoms with Gasteiger partial charge in [-0.25, -0.2) is 4.98 Å². The van der Waals surface area contributed by atoms with Crippen LogP contribution in [0.5, 0.6) is 0 Å². The van der Waals surface area contributed by atoms with Crippen molar-refractivity contribution < 1.29 is 0 Å². The van der Waals surface area contributed by atoms with E-state index in [-0.39, 0.29) is 0 Å². The highest BCUT2D eigenvalue weighted by atomic mass is 79.9. The molecular weight excluding hydrogens is 346 g/mol. The maximum absolute atomic E-state index is 4.69. The van der Waals surface area contributed by atoms with E-state index in [4.69, 9.17) is 4.98 Å². The van der Waals surface area contributed by atoms with Crippen LogP contribution in [0, 0.1) is 0 Å². The Labute approximate surface area is 150 Å². The summed E-state index contributed by atoms with van der Waals surface area (Å²) in [6.45, 7) is 2.28. The van der Waals surface area contributed by atoms with Crippen LogP contribution in [-0.2, 0) is 6.42 Å². The van der Waals surface area contributed by atoms with Gasteiger partial charge < -0.3 is 0 Å². The van der Waals surface area contributed by atoms with Crippen LogP contribution in [0.15, 0.2) is 34.9 Å². The van der Waals surface area contributed by atoms with Crippen LogP contribution in [0.1, 0.15) is 76.8 Å². The molecule has 23 heavy (non-hydrogen) atoms. The monoisotopic (exact) mass is 375 g/mol. The van der Waals surface area contributed by atoms with Crippen LogP contribution in [0.3, 0.4) is 0 Å². The molecular formula is C21H30BrN. The molecule has 2 rings (SSSR count). The first-order chi connectivity index (χ1) is 11.3. The van der Waals surface area contributed by atoms with Crippen LogP contribution in [0.25, 0.3) is 10.8 Å². The summed E-state index contributed by atoms with van der Waals surface area (Å²) in [5, 5.41) is 2.60. The highest BCUT2D eigenvalue weighted by molar-refractivity contribution is 9.10. The van der Waals surface area contributed by atoms with Gasteiger partial charge in [-0.3, -0.25) is 0 Å². The Morgan fingerprint density at radius 1 is 0.826 bits per heavy atom. The normalized spacial score (nSPS) is 11.2. The molecule has 0 aliphatic carbocycles. The predicted molar refractivity (Wildman–Crippen MR) is 105 cm³/mol. The minimum Gasteiger partial charge on any atom is -0.245 e. The molecule has 0 bridgehead atoms. The molecule has 1 nitrogen and oxygen atoms in total. The minimum absolute atomic E-state index is 0.957. The van der Waals surface area contributed by atoms with E-state index < -0.39 is 0 Å². The van der Waals surface area contributed by atoms with Crippen LogP contribution in [-0.4, -0.2) is 4.98 Å². The third-order valence-corrected chi connectivity index (χ3v) is 4.96. The number of benzene rings is 1. The van der Waals surface area contributed by atoms with Gasteiger partial charge in [-0.15, -0.1) is 0 Å². The molecule has 1 aromatic carbocycles. The first kappa shape index (κ1) is 18.4. The summed E-state index contributed by atoms with van der Waals surface area (Å²) < 4.78 is 0.957. The van der Waals surface area contributed by atoms with Crippen LogP contribution in [0.2, 0.25) is 0 Å². The number of nitrogens with zero attached hydrogens (tertiary/aromatic N) is 1. The number of pyridine rings is 1. The zero-order chi connectivity index (χ0) is 16.3. The van der Waals surface area contributed by atoms with Crippen LogP contribution in [0.4, 0.5) is 0 Å². The van der Waals surface area contributed by atoms with Crippen molar-refractivity contribution in [2.45, 2.75) is 77.6 Å². The average molecular weight is 376 g/mol. The summed E-state index contributed by atoms with van der Waals surface area (Å²) in [6.07, 6.45) is 14.9. The van der Waals surface area contributed by atoms with Crippen molar-refractivity contribution in [3.63, 3.8) is 0 Å². The molecule has 0 spiro atoms. The number of unbranched alkanes of at least 4 members (excludes halogenated alkanes) is 9. The summed E-state index contributed by atoms with van der Waals surface area (Å²) in [4.78, 5) is 4.69. The lowest BCUT2D eigenvalue weighted by Crippen LogP contribution is -1.93. The van der Waals surface area contributed by atoms with Gasteiger partial charge in [0.1, 0.15) is 4.60 Å². The van der Waals surface area contributed by atoms with Gasteiger partial charge in [-0.1, -0.05) is 89.0 Å². The van der Waals surface area contributed by atoms with Crippen molar-refractivity contribution in [2.24, 2.45) is 0 Å². The van der Waals surface area contributed by atoms with Crippen LogP contribution < -0.4 is 0 Å². The van der Waals surface area contributed by atoms with Gasteiger partial charge in [-0.05, 0) is 40.2 Å². The van der Waals surface area contributed by atoms with Gasteiger partial charge >= 0.3 is 0 Å². The molecule has 0 unspecified atom stereocenters. The Morgan fingerprint density at radius 2 is 1.43 bits per heavy atom. The van der Waals surface area contributed by atoms with E-state index in [1.807, 2.05) is 0 Å². The first-order valence-corrected chi connectivity index (χ1v) is 10.1. The van der Waals surface area contributed by atoms with Gasteiger partial charge in [0.05, 0.1) is 0 Å². The fraction of sp³-hybridized carbons (Fsp3) is 0.571. The summed E-state index contributed by atoms with van der Waals surface area (Å²) in [6, 6.07) is 10.7. The smallest absolute Gasteiger partial charge is 0.107 e. The first-order valence-electron chi connectivity index (χ1n) is 9.35. The van der Waals surface area contributed by atoms with E-state index in [0.717, 1.165) is 11.0 Å². The third-order valence-electron chi connectivity index (χ3n) is 4.56. The number of halogens is 1. The zero-order valence-electron chi connectivity index (χ0n) is 14.5. The van der Waals surface area contributed by atoms with E-state index in [9.17, 15) is 0 Å². The second kappa shape index (κ2) is 10.8. The van der Waals surface area contributed by atoms with Gasteiger partial charge in [-0.2, -0.15) is 0 Å². The van der Waals surface area contributed by atoms with E-state index in [2.05, 4.69) is 53.2 Å². The molecule has 2 aromatic rings. The Hall–Kier alpha value is -0.890. The molecule has 0 aliphatic heterocycles. The number of fused-ring (bicyclic) bond motifs is 1. The standard InChI is InChI=1S/C21H30BrN/c1-2-3-4-5-6-7-8-9-10-11-16-20-19-15-13-12-14-18(19)17-21(22)23-20/h12-15,17H,2-11,16H2,1H3. The van der Waals surface area contributed by atoms with E-state index >= 15 is 0 Å². The molecule has 1 heterocycles. The SMILES string of the molecule is CCCCCCCCCCCCc1nc(Br)cc2ccccc12. The van der Waals surface area contributed by atoms with E-state index in [1.54, 1.807) is 0 Å². The molecule has 1 aromatic heterocycles. The third kappa shape index (κ3) is 6.63. The maximum atomic E-state index is 4.69. The lowest BCUT2D eigenvalue weighted by molar-refractivity contribution is 0.555. The highest BCUT2D eigenvalue weighted by Crippen LogP contribution is 2.23. The van der Waals surface area contributed by atoms with Crippen molar-refractivity contribution in [2.75, 3.05) is 0 Å². The summed E-state index contributed by atoms with van der Waals surface area (Å²) in [7, 11) is 0. The summed E-state index contributed by atoms with van der Waals surface area (Å²) >= 11 is 3.54. The van der Waals surface area contributed by atoms with Gasteiger partial charge in [0.15, 0.2) is 0 Å². The lowest BCUT2D eigenvalue weighted by atomic mass is 10.0. The Morgan fingerprint density at radius 3 is 2.13 bits per heavy atom. The van der Waals surface area contributed by atoms with E-state index in [1.165, 1.54) is 80.7 Å². The Balaban J connectivity index is 1.65. The lowest BCUT2D eigenvalue weighted by Gasteiger charge is -2.07. The fourth-order valence-corrected chi connectivity index (χ4v) is 3.67. The largest absolute Gasteiger partial charge is 0.245 e. The molecule has 0 atom stereocenters. The highest BCUT2D eigenvalue weighted by Gasteiger charge is 2.04. The van der Waals surface area contributed by atoms with Crippen molar-refractivity contribution in [1.29, 1.82) is 0 Å². The molecule has 0 radical (unpaired) electrons. The summed E-state index contributed by atoms with van der Waals surface area (Å²) in [5.74, 6) is 0. The van der Waals surface area contributed by atoms with Crippen molar-refractivity contribution in [3.8, 4) is 0 Å². The topological polar surface area (TPSA) is 12.9 Å².